The van der Waals surface area contributed by atoms with E-state index in [1.54, 1.807) is 6.07 Å². The van der Waals surface area contributed by atoms with E-state index in [-0.39, 0.29) is 50.6 Å². The summed E-state index contributed by atoms with van der Waals surface area (Å²) in [4.78, 5) is 50.8. The van der Waals surface area contributed by atoms with Gasteiger partial charge >= 0.3 is 12.0 Å². The van der Waals surface area contributed by atoms with E-state index < -0.39 is 46.4 Å². The van der Waals surface area contributed by atoms with Crippen LogP contribution in [0.25, 0.3) is 0 Å². The lowest BCUT2D eigenvalue weighted by Crippen LogP contribution is -2.50. The van der Waals surface area contributed by atoms with E-state index in [1.807, 2.05) is 24.3 Å². The Labute approximate surface area is 257 Å². The number of benzene rings is 3. The Morgan fingerprint density at radius 1 is 1.02 bits per heavy atom. The molecule has 14 heteroatoms. The first kappa shape index (κ1) is 30.3. The van der Waals surface area contributed by atoms with E-state index in [4.69, 9.17) is 23.2 Å². The fourth-order valence-electron chi connectivity index (χ4n) is 5.24. The van der Waals surface area contributed by atoms with Crippen LogP contribution < -0.4 is 16.0 Å². The summed E-state index contributed by atoms with van der Waals surface area (Å²) in [6.07, 6.45) is 1.52. The average Bonchev–Trinajstić information content (AvgIpc) is 3.38. The highest BCUT2D eigenvalue weighted by Crippen LogP contribution is 2.36. The van der Waals surface area contributed by atoms with E-state index >= 15 is 0 Å². The van der Waals surface area contributed by atoms with Crippen molar-refractivity contribution in [3.8, 4) is 0 Å². The molecule has 224 valence electrons. The predicted octanol–water partition coefficient (Wildman–Crippen LogP) is 3.55. The zero-order valence-electron chi connectivity index (χ0n) is 22.5. The van der Waals surface area contributed by atoms with Gasteiger partial charge in [-0.3, -0.25) is 9.59 Å². The lowest BCUT2D eigenvalue weighted by Gasteiger charge is -2.29. The minimum Gasteiger partial charge on any atom is -0.480 e. The van der Waals surface area contributed by atoms with E-state index in [1.165, 1.54) is 24.3 Å². The maximum atomic E-state index is 13.2. The van der Waals surface area contributed by atoms with Gasteiger partial charge in [-0.1, -0.05) is 65.7 Å². The second kappa shape index (κ2) is 12.2. The first-order chi connectivity index (χ1) is 20.5. The molecule has 0 aromatic heterocycles. The fraction of sp³-hybridized carbons (Fsp3) is 0.241. The van der Waals surface area contributed by atoms with Crippen LogP contribution in [-0.4, -0.2) is 60.8 Å². The molecule has 3 aromatic carbocycles. The highest BCUT2D eigenvalue weighted by molar-refractivity contribution is 7.89. The van der Waals surface area contributed by atoms with E-state index in [2.05, 4.69) is 16.0 Å². The van der Waals surface area contributed by atoms with Gasteiger partial charge in [-0.25, -0.2) is 22.3 Å². The molecule has 0 saturated carbocycles. The zero-order chi connectivity index (χ0) is 30.9. The van der Waals surface area contributed by atoms with Gasteiger partial charge in [0.1, 0.15) is 6.04 Å². The van der Waals surface area contributed by atoms with Crippen molar-refractivity contribution in [2.24, 2.45) is 0 Å². The summed E-state index contributed by atoms with van der Waals surface area (Å²) in [5, 5.41) is 16.8. The Kier molecular flexibility index (Phi) is 8.63. The standard InChI is InChI=1S/C29H26Cl2N4O7S/c30-21-14-20-19(12-13-35(27(20)37)43(41,42)17-7-2-1-3-8-17)25(31)24(21)26(36)33-23(28(38)39)15-32-29(40)34-22-11-10-16-6-4-5-9-18(16)22/h1-9,14,22-23H,10-13,15H2,(H,33,36)(H,38,39)(H2,32,34,40)/t22-,23+/m1/s1. The number of urea groups is 1. The summed E-state index contributed by atoms with van der Waals surface area (Å²) >= 11 is 12.8. The van der Waals surface area contributed by atoms with Crippen LogP contribution in [0.1, 0.15) is 49.9 Å². The molecule has 0 fully saturated rings. The van der Waals surface area contributed by atoms with Gasteiger partial charge in [0.25, 0.3) is 21.8 Å². The number of aliphatic carboxylic acids is 1. The molecule has 0 unspecified atom stereocenters. The number of sulfonamides is 1. The number of rotatable bonds is 8. The molecule has 4 N–H and O–H groups in total. The van der Waals surface area contributed by atoms with Crippen molar-refractivity contribution >= 4 is 57.0 Å². The highest BCUT2D eigenvalue weighted by Gasteiger charge is 2.37. The third-order valence-corrected chi connectivity index (χ3v) is 9.92. The van der Waals surface area contributed by atoms with E-state index in [0.29, 0.717) is 6.42 Å². The van der Waals surface area contributed by atoms with Crippen molar-refractivity contribution in [3.63, 3.8) is 0 Å². The third kappa shape index (κ3) is 6.03. The van der Waals surface area contributed by atoms with Gasteiger partial charge in [0.05, 0.1) is 33.1 Å². The molecule has 43 heavy (non-hydrogen) atoms. The molecular formula is C29H26Cl2N4O7S. The quantitative estimate of drug-likeness (QED) is 0.291. The minimum atomic E-state index is -4.15. The summed E-state index contributed by atoms with van der Waals surface area (Å²) in [6.45, 7) is -0.667. The Balaban J connectivity index is 1.28. The molecule has 0 saturated heterocycles. The topological polar surface area (TPSA) is 162 Å². The van der Waals surface area contributed by atoms with Crippen LogP contribution in [0.5, 0.6) is 0 Å². The number of hydrogen-bond acceptors (Lipinski definition) is 6. The number of aryl methyl sites for hydroxylation is 1. The van der Waals surface area contributed by atoms with Gasteiger partial charge in [-0.15, -0.1) is 0 Å². The van der Waals surface area contributed by atoms with Gasteiger partial charge in [0.15, 0.2) is 0 Å². The fourth-order valence-corrected chi connectivity index (χ4v) is 7.37. The summed E-state index contributed by atoms with van der Waals surface area (Å²) in [7, 11) is -4.15. The smallest absolute Gasteiger partial charge is 0.328 e. The molecule has 2 aliphatic rings. The molecule has 11 nitrogen and oxygen atoms in total. The third-order valence-electron chi connectivity index (χ3n) is 7.41. The number of halogens is 2. The highest BCUT2D eigenvalue weighted by atomic mass is 35.5. The average molecular weight is 646 g/mol. The summed E-state index contributed by atoms with van der Waals surface area (Å²) in [6, 6.07) is 14.0. The van der Waals surface area contributed by atoms with Crippen molar-refractivity contribution in [1.82, 2.24) is 20.3 Å². The second-order valence-corrected chi connectivity index (χ2v) is 12.7. The maximum absolute atomic E-state index is 13.2. The number of hydrogen-bond donors (Lipinski definition) is 4. The Bertz CT molecular complexity index is 1730. The molecular weight excluding hydrogens is 619 g/mol. The summed E-state index contributed by atoms with van der Waals surface area (Å²) in [5.74, 6) is -3.21. The van der Waals surface area contributed by atoms with Crippen LogP contribution in [-0.2, 0) is 27.7 Å². The van der Waals surface area contributed by atoms with Gasteiger partial charge in [-0.2, -0.15) is 0 Å². The predicted molar refractivity (Wildman–Crippen MR) is 158 cm³/mol. The SMILES string of the molecule is O=C(NC[C@H](NC(=O)c1c(Cl)cc2c(c1Cl)CCN(S(=O)(=O)c1ccccc1)C2=O)C(=O)O)N[C@@H]1CCc2ccccc21. The number of nitrogens with one attached hydrogen (secondary N) is 3. The van der Waals surface area contributed by atoms with Crippen molar-refractivity contribution in [2.45, 2.75) is 36.2 Å². The van der Waals surface area contributed by atoms with Crippen molar-refractivity contribution in [1.29, 1.82) is 0 Å². The van der Waals surface area contributed by atoms with Crippen LogP contribution in [0.3, 0.4) is 0 Å². The van der Waals surface area contributed by atoms with Gasteiger partial charge in [-0.05, 0) is 54.2 Å². The maximum Gasteiger partial charge on any atom is 0.328 e. The van der Waals surface area contributed by atoms with Crippen LogP contribution in [0, 0.1) is 0 Å². The second-order valence-electron chi connectivity index (χ2n) is 10.0. The Hall–Kier alpha value is -4.13. The van der Waals surface area contributed by atoms with Crippen molar-refractivity contribution in [2.75, 3.05) is 13.1 Å². The number of amides is 4. The number of carbonyl (C=O) groups is 4. The van der Waals surface area contributed by atoms with Crippen LogP contribution in [0.4, 0.5) is 4.79 Å². The normalized spacial score (nSPS) is 16.6. The molecule has 0 bridgehead atoms. The number of carboxylic acid groups (broad SMARTS) is 1. The van der Waals surface area contributed by atoms with Gasteiger partial charge < -0.3 is 21.1 Å². The van der Waals surface area contributed by atoms with E-state index in [9.17, 15) is 32.7 Å². The largest absolute Gasteiger partial charge is 0.480 e. The lowest BCUT2D eigenvalue weighted by atomic mass is 9.97. The summed E-state index contributed by atoms with van der Waals surface area (Å²) in [5.41, 5.74) is 1.99. The molecule has 1 heterocycles. The van der Waals surface area contributed by atoms with Gasteiger partial charge in [0, 0.05) is 12.1 Å². The number of carboxylic acids is 1. The Morgan fingerprint density at radius 2 is 1.72 bits per heavy atom. The molecule has 0 spiro atoms. The van der Waals surface area contributed by atoms with Crippen molar-refractivity contribution in [3.05, 3.63) is 98.5 Å². The van der Waals surface area contributed by atoms with Crippen molar-refractivity contribution < 1.29 is 32.7 Å². The minimum absolute atomic E-state index is 0.00218. The number of nitrogens with zero attached hydrogens (tertiary/aromatic N) is 1. The van der Waals surface area contributed by atoms with E-state index in [0.717, 1.165) is 27.9 Å². The first-order valence-corrected chi connectivity index (χ1v) is 15.5. The molecule has 0 radical (unpaired) electrons. The number of fused-ring (bicyclic) bond motifs is 2. The zero-order valence-corrected chi connectivity index (χ0v) is 24.8. The lowest BCUT2D eigenvalue weighted by molar-refractivity contribution is -0.139. The monoisotopic (exact) mass is 644 g/mol. The van der Waals surface area contributed by atoms with Crippen LogP contribution in [0.15, 0.2) is 65.6 Å². The van der Waals surface area contributed by atoms with Crippen LogP contribution in [0.2, 0.25) is 10.0 Å². The molecule has 2 atom stereocenters. The van der Waals surface area contributed by atoms with Crippen LogP contribution >= 0.6 is 23.2 Å². The molecule has 5 rings (SSSR count). The molecule has 4 amide bonds. The Morgan fingerprint density at radius 3 is 2.44 bits per heavy atom. The first-order valence-electron chi connectivity index (χ1n) is 13.3. The molecule has 3 aromatic rings. The molecule has 1 aliphatic carbocycles. The van der Waals surface area contributed by atoms with Gasteiger partial charge in [0.2, 0.25) is 0 Å². The summed E-state index contributed by atoms with van der Waals surface area (Å²) < 4.78 is 26.9. The molecule has 1 aliphatic heterocycles. The number of carbonyl (C=O) groups excluding carboxylic acids is 3.